The zero-order chi connectivity index (χ0) is 14.2. The molecule has 0 bridgehead atoms. The molecule has 1 unspecified atom stereocenters. The fraction of sp³-hybridized carbons (Fsp3) is 0.368. The number of hydrogen-bond donors (Lipinski definition) is 1. The Morgan fingerprint density at radius 1 is 1.10 bits per heavy atom. The summed E-state index contributed by atoms with van der Waals surface area (Å²) in [5, 5.41) is 3.60. The molecule has 2 nitrogen and oxygen atoms in total. The summed E-state index contributed by atoms with van der Waals surface area (Å²) >= 11 is 0. The Labute approximate surface area is 126 Å². The molecular weight excluding hydrogens is 258 g/mol. The van der Waals surface area contributed by atoms with Crippen molar-refractivity contribution in [1.82, 2.24) is 5.32 Å². The van der Waals surface area contributed by atoms with Crippen LogP contribution in [0.4, 0.5) is 0 Å². The molecule has 0 spiro atoms. The molecule has 0 saturated heterocycles. The minimum absolute atomic E-state index is 0.516. The maximum atomic E-state index is 5.90. The second-order valence-corrected chi connectivity index (χ2v) is 5.91. The van der Waals surface area contributed by atoms with Gasteiger partial charge in [0.15, 0.2) is 0 Å². The molecule has 0 amide bonds. The number of benzene rings is 2. The Morgan fingerprint density at radius 2 is 1.95 bits per heavy atom. The van der Waals surface area contributed by atoms with Crippen LogP contribution in [0.15, 0.2) is 36.4 Å². The molecule has 21 heavy (non-hydrogen) atoms. The van der Waals surface area contributed by atoms with Crippen LogP contribution in [0, 0.1) is 0 Å². The van der Waals surface area contributed by atoms with Crippen LogP contribution < -0.4 is 10.1 Å². The standard InChI is InChI=1S/C19H21NO/c1-2-20-18-10-9-15-14(6-4-7-16(15)18)17-8-3-5-13-11-12-21-19(13)17/h3-8,18,20H,2,9-12H2,1H3. The first-order valence-corrected chi connectivity index (χ1v) is 7.98. The zero-order valence-electron chi connectivity index (χ0n) is 12.5. The normalized spacial score (nSPS) is 19.2. The van der Waals surface area contributed by atoms with Crippen molar-refractivity contribution in [2.24, 2.45) is 0 Å². The lowest BCUT2D eigenvalue weighted by molar-refractivity contribution is 0.358. The molecule has 1 heterocycles. The van der Waals surface area contributed by atoms with Gasteiger partial charge in [0.05, 0.1) is 6.61 Å². The highest BCUT2D eigenvalue weighted by Gasteiger charge is 2.26. The largest absolute Gasteiger partial charge is 0.492 e. The summed E-state index contributed by atoms with van der Waals surface area (Å²) in [6, 6.07) is 13.8. The average Bonchev–Trinajstić information content (AvgIpc) is 3.14. The van der Waals surface area contributed by atoms with E-state index < -0.39 is 0 Å². The predicted molar refractivity (Wildman–Crippen MR) is 85.8 cm³/mol. The van der Waals surface area contributed by atoms with E-state index in [4.69, 9.17) is 4.74 Å². The molecule has 0 saturated carbocycles. The highest BCUT2D eigenvalue weighted by Crippen LogP contribution is 2.43. The van der Waals surface area contributed by atoms with E-state index in [-0.39, 0.29) is 0 Å². The third-order valence-electron chi connectivity index (χ3n) is 4.73. The Morgan fingerprint density at radius 3 is 2.86 bits per heavy atom. The predicted octanol–water partition coefficient (Wildman–Crippen LogP) is 3.89. The van der Waals surface area contributed by atoms with Crippen LogP contribution >= 0.6 is 0 Å². The van der Waals surface area contributed by atoms with Crippen LogP contribution in [0.2, 0.25) is 0 Å². The number of ether oxygens (including phenoxy) is 1. The maximum Gasteiger partial charge on any atom is 0.130 e. The minimum Gasteiger partial charge on any atom is -0.492 e. The third-order valence-corrected chi connectivity index (χ3v) is 4.73. The topological polar surface area (TPSA) is 21.3 Å². The molecule has 2 heteroatoms. The van der Waals surface area contributed by atoms with Gasteiger partial charge in [-0.1, -0.05) is 43.3 Å². The van der Waals surface area contributed by atoms with Crippen molar-refractivity contribution in [3.63, 3.8) is 0 Å². The van der Waals surface area contributed by atoms with E-state index in [2.05, 4.69) is 48.6 Å². The highest BCUT2D eigenvalue weighted by molar-refractivity contribution is 5.77. The molecule has 1 N–H and O–H groups in total. The fourth-order valence-electron chi connectivity index (χ4n) is 3.79. The van der Waals surface area contributed by atoms with Gasteiger partial charge in [0.1, 0.15) is 5.75 Å². The monoisotopic (exact) mass is 279 g/mol. The summed E-state index contributed by atoms with van der Waals surface area (Å²) in [6.45, 7) is 4.03. The number of fused-ring (bicyclic) bond motifs is 2. The van der Waals surface area contributed by atoms with Gasteiger partial charge in [-0.05, 0) is 41.6 Å². The molecule has 0 radical (unpaired) electrons. The highest BCUT2D eigenvalue weighted by atomic mass is 16.5. The molecule has 4 rings (SSSR count). The SMILES string of the molecule is CCNC1CCc2c(-c3cccc4c3OCC4)cccc21. The van der Waals surface area contributed by atoms with Gasteiger partial charge >= 0.3 is 0 Å². The van der Waals surface area contributed by atoms with Crippen molar-refractivity contribution in [2.45, 2.75) is 32.2 Å². The summed E-state index contributed by atoms with van der Waals surface area (Å²) in [7, 11) is 0. The van der Waals surface area contributed by atoms with Crippen LogP contribution in [0.25, 0.3) is 11.1 Å². The second kappa shape index (κ2) is 5.19. The van der Waals surface area contributed by atoms with Crippen molar-refractivity contribution in [3.05, 3.63) is 53.1 Å². The second-order valence-electron chi connectivity index (χ2n) is 5.91. The Hall–Kier alpha value is -1.80. The van der Waals surface area contributed by atoms with Gasteiger partial charge < -0.3 is 10.1 Å². The van der Waals surface area contributed by atoms with Gasteiger partial charge in [-0.2, -0.15) is 0 Å². The smallest absolute Gasteiger partial charge is 0.130 e. The van der Waals surface area contributed by atoms with E-state index in [1.54, 1.807) is 0 Å². The van der Waals surface area contributed by atoms with Crippen molar-refractivity contribution >= 4 is 0 Å². The van der Waals surface area contributed by atoms with Gasteiger partial charge in [-0.25, -0.2) is 0 Å². The molecule has 2 aromatic carbocycles. The van der Waals surface area contributed by atoms with Crippen LogP contribution in [-0.4, -0.2) is 13.2 Å². The average molecular weight is 279 g/mol. The van der Waals surface area contributed by atoms with E-state index in [0.29, 0.717) is 6.04 Å². The first kappa shape index (κ1) is 12.9. The quantitative estimate of drug-likeness (QED) is 0.920. The van der Waals surface area contributed by atoms with Crippen LogP contribution in [-0.2, 0) is 12.8 Å². The van der Waals surface area contributed by atoms with Crippen LogP contribution in [0.5, 0.6) is 5.75 Å². The van der Waals surface area contributed by atoms with Gasteiger partial charge in [0, 0.05) is 18.0 Å². The first-order chi connectivity index (χ1) is 10.4. The zero-order valence-corrected chi connectivity index (χ0v) is 12.5. The fourth-order valence-corrected chi connectivity index (χ4v) is 3.79. The summed E-state index contributed by atoms with van der Waals surface area (Å²) in [4.78, 5) is 0. The molecule has 2 aliphatic rings. The molecule has 2 aromatic rings. The summed E-state index contributed by atoms with van der Waals surface area (Å²) in [5.74, 6) is 1.11. The molecule has 1 aliphatic carbocycles. The maximum absolute atomic E-state index is 5.90. The Bertz CT molecular complexity index is 677. The Balaban J connectivity index is 1.83. The molecule has 0 fully saturated rings. The third kappa shape index (κ3) is 2.06. The summed E-state index contributed by atoms with van der Waals surface area (Å²) in [5.41, 5.74) is 6.98. The molecular formula is C19H21NO. The summed E-state index contributed by atoms with van der Waals surface area (Å²) in [6.07, 6.45) is 3.40. The van der Waals surface area contributed by atoms with E-state index in [1.807, 2.05) is 0 Å². The Kier molecular flexibility index (Phi) is 3.19. The van der Waals surface area contributed by atoms with Crippen molar-refractivity contribution < 1.29 is 4.74 Å². The van der Waals surface area contributed by atoms with E-state index in [1.165, 1.54) is 34.2 Å². The lowest BCUT2D eigenvalue weighted by Crippen LogP contribution is -2.18. The van der Waals surface area contributed by atoms with Gasteiger partial charge in [0.25, 0.3) is 0 Å². The van der Waals surface area contributed by atoms with Crippen molar-refractivity contribution in [2.75, 3.05) is 13.2 Å². The van der Waals surface area contributed by atoms with E-state index >= 15 is 0 Å². The number of rotatable bonds is 3. The van der Waals surface area contributed by atoms with Crippen LogP contribution in [0.1, 0.15) is 36.1 Å². The number of para-hydroxylation sites is 1. The lowest BCUT2D eigenvalue weighted by atomic mass is 9.94. The van der Waals surface area contributed by atoms with Crippen molar-refractivity contribution in [1.29, 1.82) is 0 Å². The molecule has 108 valence electrons. The number of nitrogens with one attached hydrogen (secondary N) is 1. The molecule has 1 atom stereocenters. The minimum atomic E-state index is 0.516. The molecule has 1 aliphatic heterocycles. The van der Waals surface area contributed by atoms with E-state index in [9.17, 15) is 0 Å². The van der Waals surface area contributed by atoms with Crippen molar-refractivity contribution in [3.8, 4) is 16.9 Å². The van der Waals surface area contributed by atoms with E-state index in [0.717, 1.165) is 31.7 Å². The summed E-state index contributed by atoms with van der Waals surface area (Å²) < 4.78 is 5.90. The number of hydrogen-bond acceptors (Lipinski definition) is 2. The lowest BCUT2D eigenvalue weighted by Gasteiger charge is -2.15. The van der Waals surface area contributed by atoms with Gasteiger partial charge in [-0.15, -0.1) is 0 Å². The van der Waals surface area contributed by atoms with Gasteiger partial charge in [-0.3, -0.25) is 0 Å². The molecule has 0 aromatic heterocycles. The van der Waals surface area contributed by atoms with Gasteiger partial charge in [0.2, 0.25) is 0 Å². The van der Waals surface area contributed by atoms with Crippen LogP contribution in [0.3, 0.4) is 0 Å². The first-order valence-electron chi connectivity index (χ1n) is 7.98.